The van der Waals surface area contributed by atoms with Crippen LogP contribution in [0.4, 0.5) is 0 Å². The maximum atomic E-state index is 12.0. The zero-order valence-electron chi connectivity index (χ0n) is 12.3. The zero-order chi connectivity index (χ0) is 14.3. The number of ether oxygens (including phenoxy) is 1. The first-order valence-corrected chi connectivity index (χ1v) is 8.16. The number of fused-ring (bicyclic) bond motifs is 1. The third kappa shape index (κ3) is 2.17. The van der Waals surface area contributed by atoms with Crippen LogP contribution in [0.15, 0.2) is 42.5 Å². The topological polar surface area (TPSA) is 26.3 Å². The fourth-order valence-corrected chi connectivity index (χ4v) is 4.75. The fourth-order valence-electron chi connectivity index (χ4n) is 4.75. The van der Waals surface area contributed by atoms with Crippen molar-refractivity contribution in [2.45, 2.75) is 44.8 Å². The summed E-state index contributed by atoms with van der Waals surface area (Å²) in [4.78, 5) is 12.0. The Balaban J connectivity index is 1.54. The van der Waals surface area contributed by atoms with Crippen molar-refractivity contribution in [1.82, 2.24) is 0 Å². The molecule has 2 fully saturated rings. The van der Waals surface area contributed by atoms with Crippen LogP contribution >= 0.6 is 0 Å². The summed E-state index contributed by atoms with van der Waals surface area (Å²) < 4.78 is 6.33. The first-order valence-electron chi connectivity index (χ1n) is 8.16. The Bertz CT molecular complexity index is 562. The molecule has 1 aromatic rings. The predicted molar refractivity (Wildman–Crippen MR) is 81.7 cm³/mol. The van der Waals surface area contributed by atoms with Crippen molar-refractivity contribution in [2.75, 3.05) is 0 Å². The van der Waals surface area contributed by atoms with Crippen LogP contribution in [0, 0.1) is 17.3 Å². The van der Waals surface area contributed by atoms with Gasteiger partial charge in [-0.2, -0.15) is 0 Å². The van der Waals surface area contributed by atoms with Crippen molar-refractivity contribution >= 4 is 5.78 Å². The molecule has 0 aliphatic heterocycles. The van der Waals surface area contributed by atoms with Gasteiger partial charge in [0, 0.05) is 11.3 Å². The highest BCUT2D eigenvalue weighted by molar-refractivity contribution is 5.93. The van der Waals surface area contributed by atoms with E-state index in [0.717, 1.165) is 19.3 Å². The molecule has 2 saturated carbocycles. The summed E-state index contributed by atoms with van der Waals surface area (Å²) in [5.74, 6) is 1.26. The standard InChI is InChI=1S/C19H22O2/c20-17-9-10-19-12-15(17)11-16(19)7-4-8-18(19)21-13-14-5-2-1-3-6-14/h1-3,5-6,9-10,15-16,18H,4,7-8,11-13H2/t15?,16-,18+,19-/m0/s1. The average molecular weight is 282 g/mol. The SMILES string of the molecule is O=C1C=C[C@]23CC1C[C@@H]2CCC[C@H]3OCc1ccccc1. The molecule has 2 nitrogen and oxygen atoms in total. The Morgan fingerprint density at radius 1 is 1.19 bits per heavy atom. The fraction of sp³-hybridized carbons (Fsp3) is 0.526. The van der Waals surface area contributed by atoms with Gasteiger partial charge in [0.15, 0.2) is 5.78 Å². The summed E-state index contributed by atoms with van der Waals surface area (Å²) in [5, 5.41) is 0. The lowest BCUT2D eigenvalue weighted by molar-refractivity contribution is -0.119. The number of benzene rings is 1. The molecule has 1 spiro atoms. The molecule has 3 aliphatic rings. The van der Waals surface area contributed by atoms with Crippen molar-refractivity contribution in [3.05, 3.63) is 48.0 Å². The lowest BCUT2D eigenvalue weighted by Gasteiger charge is -2.44. The molecule has 0 amide bonds. The lowest BCUT2D eigenvalue weighted by Crippen LogP contribution is -2.43. The number of allylic oxidation sites excluding steroid dienone is 1. The van der Waals surface area contributed by atoms with Crippen molar-refractivity contribution in [2.24, 2.45) is 17.3 Å². The number of hydrogen-bond acceptors (Lipinski definition) is 2. The Labute approximate surface area is 126 Å². The van der Waals surface area contributed by atoms with Crippen molar-refractivity contribution < 1.29 is 9.53 Å². The smallest absolute Gasteiger partial charge is 0.158 e. The van der Waals surface area contributed by atoms with Gasteiger partial charge in [0.1, 0.15) is 0 Å². The van der Waals surface area contributed by atoms with E-state index in [1.807, 2.05) is 12.1 Å². The summed E-state index contributed by atoms with van der Waals surface area (Å²) in [6, 6.07) is 10.4. The van der Waals surface area contributed by atoms with E-state index < -0.39 is 0 Å². The number of carbonyl (C=O) groups is 1. The van der Waals surface area contributed by atoms with Gasteiger partial charge in [-0.25, -0.2) is 0 Å². The van der Waals surface area contributed by atoms with E-state index in [0.29, 0.717) is 18.3 Å². The van der Waals surface area contributed by atoms with Gasteiger partial charge in [-0.05, 0) is 43.2 Å². The maximum Gasteiger partial charge on any atom is 0.158 e. The minimum atomic E-state index is 0.144. The molecule has 21 heavy (non-hydrogen) atoms. The molecule has 0 radical (unpaired) electrons. The number of rotatable bonds is 3. The van der Waals surface area contributed by atoms with E-state index in [1.165, 1.54) is 18.4 Å². The molecule has 4 rings (SSSR count). The second kappa shape index (κ2) is 5.10. The Hall–Kier alpha value is -1.41. The van der Waals surface area contributed by atoms with Gasteiger partial charge < -0.3 is 4.74 Å². The molecule has 0 aromatic heterocycles. The van der Waals surface area contributed by atoms with Crippen LogP contribution in [0.3, 0.4) is 0 Å². The lowest BCUT2D eigenvalue weighted by atomic mass is 9.65. The van der Waals surface area contributed by atoms with E-state index in [4.69, 9.17) is 4.74 Å². The van der Waals surface area contributed by atoms with Crippen LogP contribution in [-0.2, 0) is 16.1 Å². The van der Waals surface area contributed by atoms with Crippen molar-refractivity contribution in [3.63, 3.8) is 0 Å². The van der Waals surface area contributed by atoms with E-state index in [-0.39, 0.29) is 17.4 Å². The van der Waals surface area contributed by atoms with Crippen LogP contribution in [0.1, 0.15) is 37.7 Å². The molecule has 110 valence electrons. The normalized spacial score (nSPS) is 37.5. The Morgan fingerprint density at radius 2 is 2.05 bits per heavy atom. The van der Waals surface area contributed by atoms with E-state index in [9.17, 15) is 4.79 Å². The monoisotopic (exact) mass is 282 g/mol. The van der Waals surface area contributed by atoms with Crippen molar-refractivity contribution in [3.8, 4) is 0 Å². The zero-order valence-corrected chi connectivity index (χ0v) is 12.3. The van der Waals surface area contributed by atoms with Gasteiger partial charge in [0.2, 0.25) is 0 Å². The van der Waals surface area contributed by atoms with Gasteiger partial charge in [0.25, 0.3) is 0 Å². The van der Waals surface area contributed by atoms with Crippen LogP contribution in [0.2, 0.25) is 0 Å². The molecule has 0 saturated heterocycles. The molecule has 0 heterocycles. The largest absolute Gasteiger partial charge is 0.373 e. The number of carbonyl (C=O) groups excluding carboxylic acids is 1. The van der Waals surface area contributed by atoms with Crippen LogP contribution in [0.25, 0.3) is 0 Å². The third-order valence-corrected chi connectivity index (χ3v) is 5.80. The third-order valence-electron chi connectivity index (χ3n) is 5.80. The summed E-state index contributed by atoms with van der Waals surface area (Å²) in [6.07, 6.45) is 10.1. The van der Waals surface area contributed by atoms with Crippen LogP contribution in [-0.4, -0.2) is 11.9 Å². The van der Waals surface area contributed by atoms with Crippen LogP contribution < -0.4 is 0 Å². The highest BCUT2D eigenvalue weighted by Gasteiger charge is 2.55. The van der Waals surface area contributed by atoms with E-state index >= 15 is 0 Å². The molecule has 2 heteroatoms. The average Bonchev–Trinajstić information content (AvgIpc) is 2.85. The Morgan fingerprint density at radius 3 is 2.90 bits per heavy atom. The summed E-state index contributed by atoms with van der Waals surface area (Å²) in [7, 11) is 0. The second-order valence-electron chi connectivity index (χ2n) is 6.90. The van der Waals surface area contributed by atoms with Gasteiger partial charge >= 0.3 is 0 Å². The maximum absolute atomic E-state index is 12.0. The van der Waals surface area contributed by atoms with Crippen LogP contribution in [0.5, 0.6) is 0 Å². The minimum Gasteiger partial charge on any atom is -0.373 e. The quantitative estimate of drug-likeness (QED) is 0.840. The molecular weight excluding hydrogens is 260 g/mol. The molecule has 3 aliphatic carbocycles. The van der Waals surface area contributed by atoms with Gasteiger partial charge in [-0.3, -0.25) is 4.79 Å². The molecular formula is C19H22O2. The van der Waals surface area contributed by atoms with Gasteiger partial charge in [-0.15, -0.1) is 0 Å². The van der Waals surface area contributed by atoms with Gasteiger partial charge in [-0.1, -0.05) is 42.8 Å². The van der Waals surface area contributed by atoms with Gasteiger partial charge in [0.05, 0.1) is 12.7 Å². The molecule has 0 N–H and O–H groups in total. The minimum absolute atomic E-state index is 0.144. The molecule has 1 unspecified atom stereocenters. The number of ketones is 1. The molecule has 1 aromatic carbocycles. The van der Waals surface area contributed by atoms with Crippen molar-refractivity contribution in [1.29, 1.82) is 0 Å². The summed E-state index contributed by atoms with van der Waals surface area (Å²) in [6.45, 7) is 0.687. The molecule has 4 atom stereocenters. The predicted octanol–water partition coefficient (Wildman–Crippen LogP) is 3.91. The first-order chi connectivity index (χ1) is 10.3. The molecule has 2 bridgehead atoms. The van der Waals surface area contributed by atoms with E-state index in [1.54, 1.807) is 0 Å². The summed E-state index contributed by atoms with van der Waals surface area (Å²) >= 11 is 0. The highest BCUT2D eigenvalue weighted by Crippen LogP contribution is 2.58. The Kier molecular flexibility index (Phi) is 3.22. The second-order valence-corrected chi connectivity index (χ2v) is 6.90. The first kappa shape index (κ1) is 13.3. The summed E-state index contributed by atoms with van der Waals surface area (Å²) in [5.41, 5.74) is 1.38. The number of hydrogen-bond donors (Lipinski definition) is 0. The highest BCUT2D eigenvalue weighted by atomic mass is 16.5. The van der Waals surface area contributed by atoms with E-state index in [2.05, 4.69) is 30.3 Å².